The molecule has 0 aromatic carbocycles. The number of nitrogens with one attached hydrogen (secondary N) is 1. The van der Waals surface area contributed by atoms with E-state index in [2.05, 4.69) is 4.98 Å². The van der Waals surface area contributed by atoms with Gasteiger partial charge < -0.3 is 20.5 Å². The van der Waals surface area contributed by atoms with Crippen molar-refractivity contribution in [2.45, 2.75) is 26.8 Å². The van der Waals surface area contributed by atoms with Crippen molar-refractivity contribution in [3.05, 3.63) is 20.8 Å². The lowest BCUT2D eigenvalue weighted by molar-refractivity contribution is -0.135. The lowest BCUT2D eigenvalue weighted by Gasteiger charge is -2.24. The number of carboxylic acids is 1. The first-order chi connectivity index (χ1) is 10.8. The molecule has 4 N–H and O–H groups in total. The Hall–Kier alpha value is -2.29. The van der Waals surface area contributed by atoms with Gasteiger partial charge in [0.1, 0.15) is 18.1 Å². The van der Waals surface area contributed by atoms with Gasteiger partial charge in [-0.3, -0.25) is 19.1 Å². The van der Waals surface area contributed by atoms with Gasteiger partial charge in [0.25, 0.3) is 5.56 Å². The quantitative estimate of drug-likeness (QED) is 0.530. The highest BCUT2D eigenvalue weighted by Gasteiger charge is 2.20. The number of aromatic amines is 1. The molecule has 0 fully saturated rings. The first kappa shape index (κ1) is 18.8. The fourth-order valence-electron chi connectivity index (χ4n) is 2.26. The number of nitrogen functional groups attached to an aromatic ring is 1. The van der Waals surface area contributed by atoms with Gasteiger partial charge in [0.2, 0.25) is 0 Å². The minimum absolute atomic E-state index is 0.00348. The fraction of sp³-hybridized carbons (Fsp3) is 0.643. The number of hydrogen-bond donors (Lipinski definition) is 3. The lowest BCUT2D eigenvalue weighted by Crippen LogP contribution is -2.41. The first-order valence-electron chi connectivity index (χ1n) is 7.36. The number of aromatic nitrogens is 2. The van der Waals surface area contributed by atoms with Crippen LogP contribution in [-0.2, 0) is 16.1 Å². The summed E-state index contributed by atoms with van der Waals surface area (Å²) in [6.45, 7) is 4.44. The molecule has 9 nitrogen and oxygen atoms in total. The van der Waals surface area contributed by atoms with Gasteiger partial charge in [-0.2, -0.15) is 0 Å². The second-order valence-corrected chi connectivity index (χ2v) is 5.66. The smallest absolute Gasteiger partial charge is 0.330 e. The molecule has 9 heteroatoms. The summed E-state index contributed by atoms with van der Waals surface area (Å²) in [5.74, 6) is -0.982. The molecule has 130 valence electrons. The number of ether oxygens (including phenoxy) is 1. The first-order valence-corrected chi connectivity index (χ1v) is 7.36. The van der Waals surface area contributed by atoms with Crippen molar-refractivity contribution < 1.29 is 14.6 Å². The van der Waals surface area contributed by atoms with E-state index in [1.165, 1.54) is 16.6 Å². The fourth-order valence-corrected chi connectivity index (χ4v) is 2.26. The second-order valence-electron chi connectivity index (χ2n) is 5.66. The van der Waals surface area contributed by atoms with Crippen LogP contribution < -0.4 is 21.9 Å². The number of H-pyrrole nitrogens is 1. The van der Waals surface area contributed by atoms with Gasteiger partial charge in [0, 0.05) is 26.8 Å². The molecule has 0 bridgehead atoms. The highest BCUT2D eigenvalue weighted by molar-refractivity contribution is 5.76. The summed E-state index contributed by atoms with van der Waals surface area (Å²) < 4.78 is 6.20. The predicted molar refractivity (Wildman–Crippen MR) is 86.9 cm³/mol. The maximum atomic E-state index is 12.1. The molecule has 0 aliphatic heterocycles. The number of hydrogen-bond acceptors (Lipinski definition) is 6. The van der Waals surface area contributed by atoms with Gasteiger partial charge in [0.15, 0.2) is 0 Å². The van der Waals surface area contributed by atoms with E-state index in [9.17, 15) is 14.4 Å². The van der Waals surface area contributed by atoms with Crippen molar-refractivity contribution in [3.63, 3.8) is 0 Å². The Morgan fingerprint density at radius 3 is 2.61 bits per heavy atom. The molecule has 0 atom stereocenters. The van der Waals surface area contributed by atoms with Gasteiger partial charge in [-0.25, -0.2) is 4.79 Å². The topological polar surface area (TPSA) is 131 Å². The number of aliphatic carboxylic acids is 1. The van der Waals surface area contributed by atoms with Gasteiger partial charge in [-0.1, -0.05) is 13.8 Å². The molecule has 23 heavy (non-hydrogen) atoms. The van der Waals surface area contributed by atoms with Gasteiger partial charge in [-0.05, 0) is 12.3 Å². The molecule has 0 spiro atoms. The number of carbonyl (C=O) groups is 1. The Balaban J connectivity index is 3.31. The largest absolute Gasteiger partial charge is 0.480 e. The predicted octanol–water partition coefficient (Wildman–Crippen LogP) is -0.298. The molecule has 0 unspecified atom stereocenters. The van der Waals surface area contributed by atoms with Crippen LogP contribution in [0.3, 0.4) is 0 Å². The number of nitrogens with two attached hydrogens (primary N) is 1. The van der Waals surface area contributed by atoms with Crippen LogP contribution >= 0.6 is 0 Å². The Morgan fingerprint density at radius 2 is 2.09 bits per heavy atom. The monoisotopic (exact) mass is 328 g/mol. The van der Waals surface area contributed by atoms with Gasteiger partial charge in [-0.15, -0.1) is 0 Å². The average Bonchev–Trinajstić information content (AvgIpc) is 2.42. The Kier molecular flexibility index (Phi) is 6.83. The van der Waals surface area contributed by atoms with E-state index in [1.54, 1.807) is 0 Å². The second kappa shape index (κ2) is 8.37. The maximum Gasteiger partial charge on any atom is 0.330 e. The molecule has 1 aromatic rings. The molecule has 0 aliphatic carbocycles. The minimum Gasteiger partial charge on any atom is -0.480 e. The average molecular weight is 328 g/mol. The molecule has 1 rings (SSSR count). The summed E-state index contributed by atoms with van der Waals surface area (Å²) >= 11 is 0. The van der Waals surface area contributed by atoms with Crippen molar-refractivity contribution in [1.29, 1.82) is 0 Å². The summed E-state index contributed by atoms with van der Waals surface area (Å²) in [5.41, 5.74) is 4.71. The van der Waals surface area contributed by atoms with E-state index in [0.717, 1.165) is 0 Å². The molecular weight excluding hydrogens is 304 g/mol. The van der Waals surface area contributed by atoms with E-state index >= 15 is 0 Å². The molecule has 0 saturated carbocycles. The minimum atomic E-state index is -1.09. The van der Waals surface area contributed by atoms with E-state index in [4.69, 9.17) is 15.6 Å². The molecular formula is C14H24N4O5. The molecule has 0 aliphatic rings. The van der Waals surface area contributed by atoms with Crippen molar-refractivity contribution in [2.75, 3.05) is 37.4 Å². The van der Waals surface area contributed by atoms with E-state index < -0.39 is 23.8 Å². The Morgan fingerprint density at radius 1 is 1.43 bits per heavy atom. The number of nitrogens with zero attached hydrogens (tertiary/aromatic N) is 2. The number of methoxy groups -OCH3 is 1. The molecule has 0 radical (unpaired) electrons. The summed E-state index contributed by atoms with van der Waals surface area (Å²) in [5, 5.41) is 9.06. The standard InChI is InChI=1S/C14H24N4O5/c1-9(2)7-18-12(15)11(13(21)16-14(18)22)17(8-10(19)20)5-4-6-23-3/h9H,4-8,15H2,1-3H3,(H,19,20)(H,16,21,22). The molecule has 1 heterocycles. The summed E-state index contributed by atoms with van der Waals surface area (Å²) in [4.78, 5) is 38.7. The lowest BCUT2D eigenvalue weighted by atomic mass is 10.2. The van der Waals surface area contributed by atoms with Crippen molar-refractivity contribution in [2.24, 2.45) is 5.92 Å². The highest BCUT2D eigenvalue weighted by Crippen LogP contribution is 2.17. The van der Waals surface area contributed by atoms with E-state index in [-0.39, 0.29) is 24.0 Å². The third-order valence-electron chi connectivity index (χ3n) is 3.18. The van der Waals surface area contributed by atoms with Crippen LogP contribution in [0.25, 0.3) is 0 Å². The van der Waals surface area contributed by atoms with Crippen LogP contribution in [0.5, 0.6) is 0 Å². The van der Waals surface area contributed by atoms with Gasteiger partial charge >= 0.3 is 11.7 Å². The molecule has 0 amide bonds. The zero-order chi connectivity index (χ0) is 17.6. The SMILES string of the molecule is COCCCN(CC(=O)O)c1c(N)n(CC(C)C)c(=O)[nH]c1=O. The van der Waals surface area contributed by atoms with Crippen LogP contribution in [0.4, 0.5) is 11.5 Å². The number of rotatable bonds is 9. The Bertz CT molecular complexity index is 650. The summed E-state index contributed by atoms with van der Waals surface area (Å²) in [6, 6.07) is 0. The van der Waals surface area contributed by atoms with Crippen molar-refractivity contribution in [1.82, 2.24) is 9.55 Å². The molecule has 0 saturated heterocycles. The van der Waals surface area contributed by atoms with Crippen LogP contribution in [0.1, 0.15) is 20.3 Å². The highest BCUT2D eigenvalue weighted by atomic mass is 16.5. The van der Waals surface area contributed by atoms with Crippen LogP contribution in [0.2, 0.25) is 0 Å². The van der Waals surface area contributed by atoms with Gasteiger partial charge in [0.05, 0.1) is 0 Å². The Labute approximate surface area is 133 Å². The molecule has 1 aromatic heterocycles. The van der Waals surface area contributed by atoms with Crippen LogP contribution in [0, 0.1) is 5.92 Å². The summed E-state index contributed by atoms with van der Waals surface area (Å²) in [6.07, 6.45) is 0.520. The zero-order valence-electron chi connectivity index (χ0n) is 13.7. The van der Waals surface area contributed by atoms with Crippen molar-refractivity contribution in [3.8, 4) is 0 Å². The normalized spacial score (nSPS) is 11.0. The zero-order valence-corrected chi connectivity index (χ0v) is 13.7. The third-order valence-corrected chi connectivity index (χ3v) is 3.18. The maximum absolute atomic E-state index is 12.1. The van der Waals surface area contributed by atoms with E-state index in [0.29, 0.717) is 19.6 Å². The summed E-state index contributed by atoms with van der Waals surface area (Å²) in [7, 11) is 1.53. The van der Waals surface area contributed by atoms with Crippen molar-refractivity contribution >= 4 is 17.5 Å². The number of anilines is 2. The number of carboxylic acid groups (broad SMARTS) is 1. The third kappa shape index (κ3) is 5.13. The van der Waals surface area contributed by atoms with Crippen LogP contribution in [0.15, 0.2) is 9.59 Å². The van der Waals surface area contributed by atoms with Crippen LogP contribution in [-0.4, -0.2) is 47.4 Å². The van der Waals surface area contributed by atoms with E-state index in [1.807, 2.05) is 13.8 Å².